The Balaban J connectivity index is 1.70. The minimum atomic E-state index is 0.946. The van der Waals surface area contributed by atoms with Gasteiger partial charge in [0.25, 0.3) is 0 Å². The second-order valence-corrected chi connectivity index (χ2v) is 5.40. The summed E-state index contributed by atoms with van der Waals surface area (Å²) in [5.74, 6) is 1.93. The molecule has 2 fully saturated rings. The molecule has 0 aromatic heterocycles. The van der Waals surface area contributed by atoms with Gasteiger partial charge in [0, 0.05) is 13.1 Å². The van der Waals surface area contributed by atoms with Gasteiger partial charge in [0.15, 0.2) is 0 Å². The normalized spacial score (nSPS) is 32.6. The van der Waals surface area contributed by atoms with Crippen molar-refractivity contribution in [3.8, 4) is 0 Å². The summed E-state index contributed by atoms with van der Waals surface area (Å²) in [7, 11) is 2.24. The third kappa shape index (κ3) is 2.71. The lowest BCUT2D eigenvalue weighted by molar-refractivity contribution is 0.174. The molecule has 2 aliphatic heterocycles. The Morgan fingerprint density at radius 1 is 1.07 bits per heavy atom. The van der Waals surface area contributed by atoms with E-state index >= 15 is 0 Å². The molecule has 0 amide bonds. The molecule has 14 heavy (non-hydrogen) atoms. The standard InChI is InChI=1S/C12H24N2/c1-11-3-8-14(9-11)10-12-4-6-13(2)7-5-12/h11-12H,3-10H2,1-2H3. The molecule has 2 rings (SSSR count). The first-order valence-corrected chi connectivity index (χ1v) is 6.15. The number of rotatable bonds is 2. The van der Waals surface area contributed by atoms with Crippen LogP contribution in [0.1, 0.15) is 26.2 Å². The highest BCUT2D eigenvalue weighted by Gasteiger charge is 2.23. The van der Waals surface area contributed by atoms with Crippen LogP contribution in [0.15, 0.2) is 0 Å². The molecule has 2 aliphatic rings. The minimum absolute atomic E-state index is 0.946. The molecule has 2 nitrogen and oxygen atoms in total. The number of likely N-dealkylation sites (tertiary alicyclic amines) is 2. The van der Waals surface area contributed by atoms with Crippen molar-refractivity contribution in [2.75, 3.05) is 39.8 Å². The molecular formula is C12H24N2. The fourth-order valence-corrected chi connectivity index (χ4v) is 2.80. The van der Waals surface area contributed by atoms with Crippen LogP contribution in [-0.4, -0.2) is 49.6 Å². The van der Waals surface area contributed by atoms with Gasteiger partial charge in [-0.3, -0.25) is 0 Å². The second-order valence-electron chi connectivity index (χ2n) is 5.40. The molecule has 0 aromatic carbocycles. The van der Waals surface area contributed by atoms with E-state index in [1.54, 1.807) is 0 Å². The van der Waals surface area contributed by atoms with E-state index in [9.17, 15) is 0 Å². The van der Waals surface area contributed by atoms with Gasteiger partial charge in [0.2, 0.25) is 0 Å². The number of hydrogen-bond donors (Lipinski definition) is 0. The largest absolute Gasteiger partial charge is 0.306 e. The zero-order valence-electron chi connectivity index (χ0n) is 9.71. The maximum absolute atomic E-state index is 2.68. The third-order valence-corrected chi connectivity index (χ3v) is 3.86. The monoisotopic (exact) mass is 196 g/mol. The quantitative estimate of drug-likeness (QED) is 0.663. The van der Waals surface area contributed by atoms with Crippen molar-refractivity contribution in [2.24, 2.45) is 11.8 Å². The zero-order chi connectivity index (χ0) is 9.97. The van der Waals surface area contributed by atoms with E-state index < -0.39 is 0 Å². The van der Waals surface area contributed by atoms with Crippen molar-refractivity contribution in [1.29, 1.82) is 0 Å². The summed E-state index contributed by atoms with van der Waals surface area (Å²) in [5, 5.41) is 0. The Hall–Kier alpha value is -0.0800. The Bertz CT molecular complexity index is 173. The zero-order valence-corrected chi connectivity index (χ0v) is 9.71. The average Bonchev–Trinajstić information content (AvgIpc) is 2.56. The van der Waals surface area contributed by atoms with Gasteiger partial charge in [0.1, 0.15) is 0 Å². The molecular weight excluding hydrogens is 172 g/mol. The molecule has 82 valence electrons. The molecule has 2 heteroatoms. The van der Waals surface area contributed by atoms with Gasteiger partial charge in [0.05, 0.1) is 0 Å². The molecule has 0 aliphatic carbocycles. The van der Waals surface area contributed by atoms with E-state index in [1.165, 1.54) is 52.0 Å². The van der Waals surface area contributed by atoms with Crippen LogP contribution in [0.4, 0.5) is 0 Å². The second kappa shape index (κ2) is 4.63. The summed E-state index contributed by atoms with van der Waals surface area (Å²) in [6, 6.07) is 0. The minimum Gasteiger partial charge on any atom is -0.306 e. The number of hydrogen-bond acceptors (Lipinski definition) is 2. The lowest BCUT2D eigenvalue weighted by atomic mass is 9.97. The smallest absolute Gasteiger partial charge is 0.00107 e. The highest BCUT2D eigenvalue weighted by atomic mass is 15.2. The van der Waals surface area contributed by atoms with Crippen molar-refractivity contribution in [1.82, 2.24) is 9.80 Å². The van der Waals surface area contributed by atoms with Gasteiger partial charge in [-0.25, -0.2) is 0 Å². The fourth-order valence-electron chi connectivity index (χ4n) is 2.80. The van der Waals surface area contributed by atoms with Crippen molar-refractivity contribution in [3.05, 3.63) is 0 Å². The van der Waals surface area contributed by atoms with Crippen molar-refractivity contribution in [3.63, 3.8) is 0 Å². The van der Waals surface area contributed by atoms with Crippen LogP contribution in [0.25, 0.3) is 0 Å². The molecule has 0 bridgehead atoms. The topological polar surface area (TPSA) is 6.48 Å². The predicted molar refractivity (Wildman–Crippen MR) is 60.4 cm³/mol. The maximum atomic E-state index is 2.68. The van der Waals surface area contributed by atoms with E-state index in [2.05, 4.69) is 23.8 Å². The van der Waals surface area contributed by atoms with Crippen LogP contribution >= 0.6 is 0 Å². The maximum Gasteiger partial charge on any atom is 0.00107 e. The number of nitrogens with zero attached hydrogens (tertiary/aromatic N) is 2. The van der Waals surface area contributed by atoms with Crippen LogP contribution in [0.3, 0.4) is 0 Å². The summed E-state index contributed by atoms with van der Waals surface area (Å²) in [6.45, 7) is 9.09. The Labute approximate surface area is 88.3 Å². The van der Waals surface area contributed by atoms with E-state index in [1.807, 2.05) is 0 Å². The molecule has 0 N–H and O–H groups in total. The Kier molecular flexibility index (Phi) is 3.45. The van der Waals surface area contributed by atoms with Crippen LogP contribution in [-0.2, 0) is 0 Å². The van der Waals surface area contributed by atoms with Crippen LogP contribution in [0.5, 0.6) is 0 Å². The molecule has 0 aromatic rings. The SMILES string of the molecule is CC1CCN(CC2CCN(C)CC2)C1. The van der Waals surface area contributed by atoms with Gasteiger partial charge < -0.3 is 9.80 Å². The predicted octanol–water partition coefficient (Wildman–Crippen LogP) is 1.67. The van der Waals surface area contributed by atoms with Crippen LogP contribution in [0.2, 0.25) is 0 Å². The molecule has 0 radical (unpaired) electrons. The van der Waals surface area contributed by atoms with E-state index in [-0.39, 0.29) is 0 Å². The van der Waals surface area contributed by atoms with E-state index in [0.29, 0.717) is 0 Å². The van der Waals surface area contributed by atoms with Crippen LogP contribution < -0.4 is 0 Å². The van der Waals surface area contributed by atoms with Gasteiger partial charge >= 0.3 is 0 Å². The van der Waals surface area contributed by atoms with Gasteiger partial charge in [-0.2, -0.15) is 0 Å². The molecule has 0 spiro atoms. The van der Waals surface area contributed by atoms with E-state index in [0.717, 1.165) is 11.8 Å². The van der Waals surface area contributed by atoms with Crippen molar-refractivity contribution >= 4 is 0 Å². The highest BCUT2D eigenvalue weighted by molar-refractivity contribution is 4.78. The van der Waals surface area contributed by atoms with Gasteiger partial charge in [-0.15, -0.1) is 0 Å². The van der Waals surface area contributed by atoms with Gasteiger partial charge in [-0.1, -0.05) is 6.92 Å². The van der Waals surface area contributed by atoms with Gasteiger partial charge in [-0.05, 0) is 57.8 Å². The van der Waals surface area contributed by atoms with Crippen molar-refractivity contribution in [2.45, 2.75) is 26.2 Å². The first kappa shape index (κ1) is 10.4. The third-order valence-electron chi connectivity index (χ3n) is 3.86. The molecule has 1 unspecified atom stereocenters. The summed E-state index contributed by atoms with van der Waals surface area (Å²) >= 11 is 0. The van der Waals surface area contributed by atoms with Crippen molar-refractivity contribution < 1.29 is 0 Å². The Morgan fingerprint density at radius 3 is 2.36 bits per heavy atom. The summed E-state index contributed by atoms with van der Waals surface area (Å²) < 4.78 is 0. The Morgan fingerprint density at radius 2 is 1.79 bits per heavy atom. The molecule has 2 saturated heterocycles. The molecule has 0 saturated carbocycles. The lowest BCUT2D eigenvalue weighted by Gasteiger charge is -2.31. The first-order chi connectivity index (χ1) is 6.74. The first-order valence-electron chi connectivity index (χ1n) is 6.15. The number of piperidine rings is 1. The summed E-state index contributed by atoms with van der Waals surface area (Å²) in [6.07, 6.45) is 4.26. The average molecular weight is 196 g/mol. The highest BCUT2D eigenvalue weighted by Crippen LogP contribution is 2.21. The molecule has 2 heterocycles. The summed E-state index contributed by atoms with van der Waals surface area (Å²) in [5.41, 5.74) is 0. The fraction of sp³-hybridized carbons (Fsp3) is 1.00. The lowest BCUT2D eigenvalue weighted by Crippen LogP contribution is -2.36. The summed E-state index contributed by atoms with van der Waals surface area (Å²) in [4.78, 5) is 5.14. The van der Waals surface area contributed by atoms with E-state index in [4.69, 9.17) is 0 Å². The van der Waals surface area contributed by atoms with Crippen LogP contribution in [0, 0.1) is 11.8 Å². The molecule has 1 atom stereocenters.